The van der Waals surface area contributed by atoms with Gasteiger partial charge in [-0.3, -0.25) is 4.79 Å². The molecule has 0 fully saturated rings. The van der Waals surface area contributed by atoms with Gasteiger partial charge in [0.2, 0.25) is 5.91 Å². The lowest BCUT2D eigenvalue weighted by Gasteiger charge is -2.01. The number of alkyl halides is 1. The molecule has 0 saturated heterocycles. The molecular weight excluding hydrogens is 251 g/mol. The molecule has 6 heteroatoms. The Kier molecular flexibility index (Phi) is 3.07. The van der Waals surface area contributed by atoms with E-state index in [2.05, 4.69) is 10.3 Å². The maximum atomic E-state index is 12.9. The molecule has 0 spiro atoms. The summed E-state index contributed by atoms with van der Waals surface area (Å²) in [5, 5.41) is 2.37. The van der Waals surface area contributed by atoms with Crippen LogP contribution in [0.25, 0.3) is 10.2 Å². The number of carbonyl (C=O) groups is 1. The average molecular weight is 259 g/mol. The van der Waals surface area contributed by atoms with E-state index >= 15 is 0 Å². The van der Waals surface area contributed by atoms with E-state index in [1.54, 1.807) is 13.0 Å². The van der Waals surface area contributed by atoms with Crippen LogP contribution in [0.5, 0.6) is 0 Å². The van der Waals surface area contributed by atoms with Crippen LogP contribution in [0.2, 0.25) is 0 Å². The standard InChI is InChI=1S/C10H8ClFN2OS/c1-5(11)9(15)14-10-13-7-3-2-6(12)4-8(7)16-10/h2-5H,1H3,(H,13,14,15)/t5-/m0/s1. The van der Waals surface area contributed by atoms with Crippen molar-refractivity contribution < 1.29 is 9.18 Å². The van der Waals surface area contributed by atoms with Gasteiger partial charge in [-0.25, -0.2) is 9.37 Å². The van der Waals surface area contributed by atoms with E-state index in [0.29, 0.717) is 15.3 Å². The summed E-state index contributed by atoms with van der Waals surface area (Å²) in [6.07, 6.45) is 0. The highest BCUT2D eigenvalue weighted by Gasteiger charge is 2.12. The van der Waals surface area contributed by atoms with Gasteiger partial charge in [0.05, 0.1) is 10.2 Å². The molecule has 3 nitrogen and oxygen atoms in total. The van der Waals surface area contributed by atoms with Gasteiger partial charge in [-0.1, -0.05) is 11.3 Å². The number of anilines is 1. The summed E-state index contributed by atoms with van der Waals surface area (Å²) >= 11 is 6.82. The molecule has 1 N–H and O–H groups in total. The number of fused-ring (bicyclic) bond motifs is 1. The molecule has 0 aliphatic heterocycles. The molecule has 0 saturated carbocycles. The number of aromatic nitrogens is 1. The van der Waals surface area contributed by atoms with Gasteiger partial charge < -0.3 is 5.32 Å². The number of hydrogen-bond donors (Lipinski definition) is 1. The first-order chi connectivity index (χ1) is 7.56. The third-order valence-corrected chi connectivity index (χ3v) is 3.07. The molecule has 1 aromatic carbocycles. The van der Waals surface area contributed by atoms with E-state index in [9.17, 15) is 9.18 Å². The second-order valence-corrected chi connectivity index (χ2v) is 4.92. The van der Waals surface area contributed by atoms with Crippen molar-refractivity contribution in [2.75, 3.05) is 5.32 Å². The van der Waals surface area contributed by atoms with Crippen molar-refractivity contribution in [3.63, 3.8) is 0 Å². The Bertz CT molecular complexity index is 541. The summed E-state index contributed by atoms with van der Waals surface area (Å²) in [6, 6.07) is 4.28. The first-order valence-corrected chi connectivity index (χ1v) is 5.82. The average Bonchev–Trinajstić information content (AvgIpc) is 2.58. The fraction of sp³-hybridized carbons (Fsp3) is 0.200. The minimum absolute atomic E-state index is 0.318. The molecule has 0 aliphatic carbocycles. The van der Waals surface area contributed by atoms with Crippen LogP contribution in [0.4, 0.5) is 9.52 Å². The number of nitrogens with one attached hydrogen (secondary N) is 1. The summed E-state index contributed by atoms with van der Waals surface area (Å²) in [6.45, 7) is 1.57. The van der Waals surface area contributed by atoms with Gasteiger partial charge in [0.1, 0.15) is 11.2 Å². The third-order valence-electron chi connectivity index (χ3n) is 1.94. The lowest BCUT2D eigenvalue weighted by molar-refractivity contribution is -0.115. The number of carbonyl (C=O) groups excluding carboxylic acids is 1. The fourth-order valence-electron chi connectivity index (χ4n) is 1.16. The van der Waals surface area contributed by atoms with Gasteiger partial charge in [0.15, 0.2) is 5.13 Å². The Morgan fingerprint density at radius 2 is 2.38 bits per heavy atom. The number of halogens is 2. The summed E-state index contributed by atoms with van der Waals surface area (Å²) in [5.74, 6) is -0.638. The molecule has 84 valence electrons. The van der Waals surface area contributed by atoms with E-state index in [1.165, 1.54) is 23.5 Å². The Labute approximate surface area is 100 Å². The molecule has 0 aliphatic rings. The highest BCUT2D eigenvalue weighted by atomic mass is 35.5. The smallest absolute Gasteiger partial charge is 0.243 e. The first kappa shape index (κ1) is 11.3. The molecule has 0 unspecified atom stereocenters. The molecule has 2 aromatic rings. The van der Waals surface area contributed by atoms with Crippen LogP contribution in [0.1, 0.15) is 6.92 Å². The van der Waals surface area contributed by atoms with Crippen LogP contribution in [-0.2, 0) is 4.79 Å². The number of rotatable bonds is 2. The van der Waals surface area contributed by atoms with E-state index < -0.39 is 5.38 Å². The lowest BCUT2D eigenvalue weighted by atomic mass is 10.3. The minimum atomic E-state index is -0.622. The maximum Gasteiger partial charge on any atom is 0.243 e. The van der Waals surface area contributed by atoms with E-state index in [1.807, 2.05) is 0 Å². The highest BCUT2D eigenvalue weighted by Crippen LogP contribution is 2.26. The Hall–Kier alpha value is -1.20. The molecule has 1 heterocycles. The van der Waals surface area contributed by atoms with Crippen LogP contribution in [0.3, 0.4) is 0 Å². The van der Waals surface area contributed by atoms with Crippen molar-refractivity contribution in [2.24, 2.45) is 0 Å². The van der Waals surface area contributed by atoms with Gasteiger partial charge >= 0.3 is 0 Å². The van der Waals surface area contributed by atoms with E-state index in [0.717, 1.165) is 0 Å². The third kappa shape index (κ3) is 2.31. The van der Waals surface area contributed by atoms with Crippen molar-refractivity contribution in [1.82, 2.24) is 4.98 Å². The molecule has 1 aromatic heterocycles. The SMILES string of the molecule is C[C@H](Cl)C(=O)Nc1nc2ccc(F)cc2s1. The second-order valence-electron chi connectivity index (χ2n) is 3.24. The number of amides is 1. The molecule has 0 bridgehead atoms. The van der Waals surface area contributed by atoms with E-state index in [4.69, 9.17) is 11.6 Å². The fourth-order valence-corrected chi connectivity index (χ4v) is 2.10. The predicted molar refractivity (Wildman–Crippen MR) is 63.5 cm³/mol. The zero-order valence-corrected chi connectivity index (χ0v) is 9.90. The quantitative estimate of drug-likeness (QED) is 0.842. The summed E-state index contributed by atoms with van der Waals surface area (Å²) in [5.41, 5.74) is 0.656. The Balaban J connectivity index is 2.29. The maximum absolute atomic E-state index is 12.9. The van der Waals surface area contributed by atoms with Crippen molar-refractivity contribution in [3.05, 3.63) is 24.0 Å². The summed E-state index contributed by atoms with van der Waals surface area (Å²) < 4.78 is 13.6. The van der Waals surface area contributed by atoms with Crippen LogP contribution < -0.4 is 5.32 Å². The number of thiazole rings is 1. The van der Waals surface area contributed by atoms with Gasteiger partial charge in [0, 0.05) is 0 Å². The molecule has 2 rings (SSSR count). The van der Waals surface area contributed by atoms with Gasteiger partial charge in [-0.15, -0.1) is 11.6 Å². The van der Waals surface area contributed by atoms with E-state index in [-0.39, 0.29) is 11.7 Å². The van der Waals surface area contributed by atoms with Gasteiger partial charge in [-0.05, 0) is 25.1 Å². The van der Waals surface area contributed by atoms with Crippen LogP contribution in [-0.4, -0.2) is 16.3 Å². The second kappa shape index (κ2) is 4.35. The zero-order valence-electron chi connectivity index (χ0n) is 8.33. The minimum Gasteiger partial charge on any atom is -0.301 e. The molecule has 1 atom stereocenters. The van der Waals surface area contributed by atoms with Crippen molar-refractivity contribution in [2.45, 2.75) is 12.3 Å². The summed E-state index contributed by atoms with van der Waals surface area (Å²) in [4.78, 5) is 15.4. The molecular formula is C10H8ClFN2OS. The number of nitrogens with zero attached hydrogens (tertiary/aromatic N) is 1. The topological polar surface area (TPSA) is 42.0 Å². The number of benzene rings is 1. The highest BCUT2D eigenvalue weighted by molar-refractivity contribution is 7.22. The zero-order chi connectivity index (χ0) is 11.7. The molecule has 16 heavy (non-hydrogen) atoms. The lowest BCUT2D eigenvalue weighted by Crippen LogP contribution is -2.19. The first-order valence-electron chi connectivity index (χ1n) is 4.57. The van der Waals surface area contributed by atoms with Crippen LogP contribution in [0.15, 0.2) is 18.2 Å². The van der Waals surface area contributed by atoms with Crippen molar-refractivity contribution in [1.29, 1.82) is 0 Å². The van der Waals surface area contributed by atoms with Gasteiger partial charge in [0.25, 0.3) is 0 Å². The Morgan fingerprint density at radius 3 is 3.06 bits per heavy atom. The van der Waals surface area contributed by atoms with Gasteiger partial charge in [-0.2, -0.15) is 0 Å². The van der Waals surface area contributed by atoms with Crippen molar-refractivity contribution >= 4 is 44.2 Å². The molecule has 0 radical (unpaired) electrons. The normalized spacial score (nSPS) is 12.7. The predicted octanol–water partition coefficient (Wildman–Crippen LogP) is 3.00. The molecule has 1 amide bonds. The number of hydrogen-bond acceptors (Lipinski definition) is 3. The van der Waals surface area contributed by atoms with Crippen LogP contribution >= 0.6 is 22.9 Å². The largest absolute Gasteiger partial charge is 0.301 e. The van der Waals surface area contributed by atoms with Crippen LogP contribution in [0, 0.1) is 5.82 Å². The van der Waals surface area contributed by atoms with Crippen molar-refractivity contribution in [3.8, 4) is 0 Å². The Morgan fingerprint density at radius 1 is 1.62 bits per heavy atom. The summed E-state index contributed by atoms with van der Waals surface area (Å²) in [7, 11) is 0. The monoisotopic (exact) mass is 258 g/mol.